The Balaban J connectivity index is 1.94. The number of benzene rings is 1. The van der Waals surface area contributed by atoms with Gasteiger partial charge in [0.1, 0.15) is 5.75 Å². The van der Waals surface area contributed by atoms with Gasteiger partial charge in [0.05, 0.1) is 13.2 Å². The molecular weight excluding hydrogens is 280 g/mol. The summed E-state index contributed by atoms with van der Waals surface area (Å²) in [7, 11) is 1.62. The van der Waals surface area contributed by atoms with Gasteiger partial charge in [-0.15, -0.1) is 0 Å². The number of aryl methyl sites for hydroxylation is 1. The fraction of sp³-hybridized carbons (Fsp3) is 0.471. The van der Waals surface area contributed by atoms with Gasteiger partial charge >= 0.3 is 6.03 Å². The maximum Gasteiger partial charge on any atom is 0.315 e. The van der Waals surface area contributed by atoms with Crippen molar-refractivity contribution in [3.63, 3.8) is 0 Å². The van der Waals surface area contributed by atoms with Crippen LogP contribution in [0.3, 0.4) is 0 Å². The first-order valence-corrected chi connectivity index (χ1v) is 7.54. The number of amides is 2. The van der Waals surface area contributed by atoms with E-state index < -0.39 is 0 Å². The number of carbonyl (C=O) groups is 1. The quantitative estimate of drug-likeness (QED) is 0.731. The first-order chi connectivity index (χ1) is 10.5. The molecule has 120 valence electrons. The topological polar surface area (TPSA) is 70.6 Å². The second kappa shape index (κ2) is 7.31. The van der Waals surface area contributed by atoms with Crippen molar-refractivity contribution in [2.24, 2.45) is 5.92 Å². The number of hydrogen-bond acceptors (Lipinski definition) is 3. The van der Waals surface area contributed by atoms with Gasteiger partial charge in [0.25, 0.3) is 0 Å². The van der Waals surface area contributed by atoms with Crippen molar-refractivity contribution in [2.45, 2.75) is 32.4 Å². The summed E-state index contributed by atoms with van der Waals surface area (Å²) >= 11 is 0. The van der Waals surface area contributed by atoms with Gasteiger partial charge in [-0.2, -0.15) is 0 Å². The van der Waals surface area contributed by atoms with Crippen molar-refractivity contribution in [2.75, 3.05) is 13.7 Å². The lowest BCUT2D eigenvalue weighted by Crippen LogP contribution is -2.42. The third kappa shape index (κ3) is 4.01. The maximum absolute atomic E-state index is 12.1. The van der Waals surface area contributed by atoms with E-state index in [-0.39, 0.29) is 30.6 Å². The number of urea groups is 1. The molecule has 1 aromatic carbocycles. The van der Waals surface area contributed by atoms with Crippen molar-refractivity contribution in [3.8, 4) is 5.75 Å². The van der Waals surface area contributed by atoms with E-state index in [0.29, 0.717) is 0 Å². The number of aliphatic hydroxyl groups is 1. The predicted molar refractivity (Wildman–Crippen MR) is 85.9 cm³/mol. The minimum atomic E-state index is -0.218. The molecule has 0 heterocycles. The maximum atomic E-state index is 12.1. The van der Waals surface area contributed by atoms with Gasteiger partial charge in [-0.1, -0.05) is 29.8 Å². The summed E-state index contributed by atoms with van der Waals surface area (Å²) in [5, 5.41) is 14.9. The summed E-state index contributed by atoms with van der Waals surface area (Å²) in [6, 6.07) is 5.50. The first kappa shape index (κ1) is 16.4. The highest BCUT2D eigenvalue weighted by atomic mass is 16.5. The number of hydrogen-bond donors (Lipinski definition) is 3. The number of carbonyl (C=O) groups excluding carboxylic acids is 1. The number of nitrogens with one attached hydrogen (secondary N) is 2. The van der Waals surface area contributed by atoms with Gasteiger partial charge in [0.15, 0.2) is 0 Å². The average molecular weight is 304 g/mol. The van der Waals surface area contributed by atoms with E-state index in [4.69, 9.17) is 9.84 Å². The van der Waals surface area contributed by atoms with Gasteiger partial charge in [0, 0.05) is 24.1 Å². The van der Waals surface area contributed by atoms with Crippen LogP contribution in [0, 0.1) is 12.8 Å². The lowest BCUT2D eigenvalue weighted by Gasteiger charge is -2.20. The van der Waals surface area contributed by atoms with E-state index >= 15 is 0 Å². The third-order valence-electron chi connectivity index (χ3n) is 3.92. The van der Waals surface area contributed by atoms with Gasteiger partial charge in [-0.3, -0.25) is 0 Å². The van der Waals surface area contributed by atoms with E-state index in [1.54, 1.807) is 7.11 Å². The van der Waals surface area contributed by atoms with Gasteiger partial charge in [-0.05, 0) is 26.3 Å². The summed E-state index contributed by atoms with van der Waals surface area (Å²) in [4.78, 5) is 12.1. The van der Waals surface area contributed by atoms with Crippen LogP contribution in [0.15, 0.2) is 30.4 Å². The molecule has 5 heteroatoms. The molecule has 22 heavy (non-hydrogen) atoms. The molecule has 0 aromatic heterocycles. The van der Waals surface area contributed by atoms with E-state index in [1.165, 1.54) is 0 Å². The Kier molecular flexibility index (Phi) is 5.44. The molecule has 5 nitrogen and oxygen atoms in total. The highest BCUT2D eigenvalue weighted by Crippen LogP contribution is 2.26. The summed E-state index contributed by atoms with van der Waals surface area (Å²) in [5.41, 5.74) is 2.07. The van der Waals surface area contributed by atoms with E-state index in [9.17, 15) is 4.79 Å². The zero-order chi connectivity index (χ0) is 16.1. The van der Waals surface area contributed by atoms with Crippen molar-refractivity contribution in [1.29, 1.82) is 0 Å². The van der Waals surface area contributed by atoms with Crippen molar-refractivity contribution >= 4 is 6.03 Å². The molecule has 1 aliphatic carbocycles. The Morgan fingerprint density at radius 2 is 2.23 bits per heavy atom. The van der Waals surface area contributed by atoms with Crippen LogP contribution in [0.5, 0.6) is 5.75 Å². The molecule has 0 fully saturated rings. The summed E-state index contributed by atoms with van der Waals surface area (Å²) in [6.07, 6.45) is 4.61. The molecule has 2 amide bonds. The zero-order valence-electron chi connectivity index (χ0n) is 13.3. The van der Waals surface area contributed by atoms with Crippen LogP contribution in [0.4, 0.5) is 4.79 Å². The Bertz CT molecular complexity index is 557. The molecule has 3 N–H and O–H groups in total. The fourth-order valence-corrected chi connectivity index (χ4v) is 2.69. The molecule has 0 saturated carbocycles. The average Bonchev–Trinajstić information content (AvgIpc) is 2.94. The predicted octanol–water partition coefficient (Wildman–Crippen LogP) is 2.30. The van der Waals surface area contributed by atoms with Crippen LogP contribution in [-0.4, -0.2) is 30.9 Å². The second-order valence-electron chi connectivity index (χ2n) is 5.75. The van der Waals surface area contributed by atoms with Crippen molar-refractivity contribution in [1.82, 2.24) is 10.6 Å². The monoisotopic (exact) mass is 304 g/mol. The van der Waals surface area contributed by atoms with Crippen molar-refractivity contribution < 1.29 is 14.6 Å². The highest BCUT2D eigenvalue weighted by Gasteiger charge is 2.21. The molecular formula is C17H24N2O3. The van der Waals surface area contributed by atoms with Crippen LogP contribution in [0.2, 0.25) is 0 Å². The lowest BCUT2D eigenvalue weighted by molar-refractivity contribution is 0.229. The molecule has 0 saturated heterocycles. The highest BCUT2D eigenvalue weighted by molar-refractivity contribution is 5.75. The Morgan fingerprint density at radius 1 is 1.45 bits per heavy atom. The molecule has 3 atom stereocenters. The van der Waals surface area contributed by atoms with Gasteiger partial charge in [0.2, 0.25) is 0 Å². The molecule has 0 aliphatic heterocycles. The van der Waals surface area contributed by atoms with Crippen molar-refractivity contribution in [3.05, 3.63) is 41.5 Å². The van der Waals surface area contributed by atoms with Gasteiger partial charge < -0.3 is 20.5 Å². The first-order valence-electron chi connectivity index (χ1n) is 7.54. The third-order valence-corrected chi connectivity index (χ3v) is 3.92. The molecule has 2 rings (SSSR count). The van der Waals surface area contributed by atoms with Gasteiger partial charge in [-0.25, -0.2) is 4.79 Å². The summed E-state index contributed by atoms with van der Waals surface area (Å²) in [5.74, 6) is 0.902. The van der Waals surface area contributed by atoms with Crippen LogP contribution < -0.4 is 15.4 Å². The standard InChI is InChI=1S/C17H24N2O3/c1-11-4-7-16(22-3)15(8-11)12(2)18-17(21)19-14-6-5-13(9-14)10-20/h4-8,12-14,20H,9-10H2,1-3H3,(H2,18,19,21)/t12?,13-,14+/m0/s1. The number of rotatable bonds is 5. The fourth-order valence-electron chi connectivity index (χ4n) is 2.69. The molecule has 0 bridgehead atoms. The summed E-state index contributed by atoms with van der Waals surface area (Å²) in [6.45, 7) is 4.05. The van der Waals surface area contributed by atoms with Crippen LogP contribution in [0.1, 0.15) is 30.5 Å². The number of methoxy groups -OCH3 is 1. The number of aliphatic hydroxyl groups excluding tert-OH is 1. The molecule has 0 spiro atoms. The molecule has 1 aliphatic rings. The normalized spacial score (nSPS) is 21.5. The van der Waals surface area contributed by atoms with Crippen LogP contribution >= 0.6 is 0 Å². The van der Waals surface area contributed by atoms with Crippen LogP contribution in [-0.2, 0) is 0 Å². The lowest BCUT2D eigenvalue weighted by atomic mass is 10.0. The Hall–Kier alpha value is -2.01. The molecule has 1 aromatic rings. The Morgan fingerprint density at radius 3 is 2.86 bits per heavy atom. The second-order valence-corrected chi connectivity index (χ2v) is 5.75. The smallest absolute Gasteiger partial charge is 0.315 e. The van der Waals surface area contributed by atoms with E-state index in [0.717, 1.165) is 23.3 Å². The molecule has 1 unspecified atom stereocenters. The minimum Gasteiger partial charge on any atom is -0.496 e. The van der Waals surface area contributed by atoms with Crippen LogP contribution in [0.25, 0.3) is 0 Å². The van der Waals surface area contributed by atoms with E-state index in [2.05, 4.69) is 10.6 Å². The summed E-state index contributed by atoms with van der Waals surface area (Å²) < 4.78 is 5.35. The molecule has 0 radical (unpaired) electrons. The SMILES string of the molecule is COc1ccc(C)cc1C(C)NC(=O)N[C@@H]1C=C[C@H](CO)C1. The minimum absolute atomic E-state index is 0.0243. The van der Waals surface area contributed by atoms with E-state index in [1.807, 2.05) is 44.2 Å². The number of ether oxygens (including phenoxy) is 1. The Labute approximate surface area is 131 Å². The zero-order valence-corrected chi connectivity index (χ0v) is 13.3. The largest absolute Gasteiger partial charge is 0.496 e.